The third kappa shape index (κ3) is 3.80. The summed E-state index contributed by atoms with van der Waals surface area (Å²) in [6.45, 7) is 8.54. The molecule has 2 heteroatoms. The first-order valence-electron chi connectivity index (χ1n) is 5.22. The highest BCUT2D eigenvalue weighted by Gasteiger charge is 2.16. The molecule has 2 nitrogen and oxygen atoms in total. The molecule has 1 saturated heterocycles. The molecule has 1 aliphatic rings. The highest BCUT2D eigenvalue weighted by atomic mass is 15.1. The van der Waals surface area contributed by atoms with E-state index in [1.165, 1.54) is 25.9 Å². The van der Waals surface area contributed by atoms with Gasteiger partial charge in [-0.25, -0.2) is 0 Å². The lowest BCUT2D eigenvalue weighted by Gasteiger charge is -2.30. The summed E-state index contributed by atoms with van der Waals surface area (Å²) < 4.78 is 0. The normalized spacial score (nSPS) is 19.5. The lowest BCUT2D eigenvalue weighted by atomic mass is 10.1. The number of piperidine rings is 1. The van der Waals surface area contributed by atoms with Crippen molar-refractivity contribution in [3.05, 3.63) is 0 Å². The number of rotatable bonds is 3. The average Bonchev–Trinajstić information content (AvgIpc) is 2.17. The molecule has 0 atom stereocenters. The quantitative estimate of drug-likeness (QED) is 0.654. The minimum atomic E-state index is 0.746. The van der Waals surface area contributed by atoms with E-state index >= 15 is 0 Å². The monoisotopic (exact) mass is 180 g/mol. The number of nitrogens with zero attached hydrogens (tertiary/aromatic N) is 1. The largest absolute Gasteiger partial charge is 0.314 e. The van der Waals surface area contributed by atoms with Crippen molar-refractivity contribution in [2.75, 3.05) is 26.2 Å². The average molecular weight is 180 g/mol. The van der Waals surface area contributed by atoms with E-state index in [1.54, 1.807) is 0 Å². The number of nitrogens with one attached hydrogen (secondary N) is 1. The third-order valence-corrected chi connectivity index (χ3v) is 2.56. The summed E-state index contributed by atoms with van der Waals surface area (Å²) in [6.07, 6.45) is 2.55. The van der Waals surface area contributed by atoms with Gasteiger partial charge in [-0.3, -0.25) is 4.90 Å². The topological polar surface area (TPSA) is 15.3 Å². The number of hydrogen-bond donors (Lipinski definition) is 1. The van der Waals surface area contributed by atoms with Gasteiger partial charge in [0.25, 0.3) is 0 Å². The predicted molar refractivity (Wildman–Crippen MR) is 56.6 cm³/mol. The second-order valence-electron chi connectivity index (χ2n) is 3.53. The fraction of sp³-hybridized carbons (Fsp3) is 0.818. The summed E-state index contributed by atoms with van der Waals surface area (Å²) in [5.74, 6) is 6.06. The Morgan fingerprint density at radius 2 is 2.08 bits per heavy atom. The Kier molecular flexibility index (Phi) is 4.88. The molecule has 1 heterocycles. The molecule has 0 radical (unpaired) electrons. The summed E-state index contributed by atoms with van der Waals surface area (Å²) in [4.78, 5) is 2.43. The van der Waals surface area contributed by atoms with Crippen LogP contribution in [-0.4, -0.2) is 37.1 Å². The number of hydrogen-bond acceptors (Lipinski definition) is 2. The van der Waals surface area contributed by atoms with Crippen molar-refractivity contribution in [3.63, 3.8) is 0 Å². The van der Waals surface area contributed by atoms with Crippen molar-refractivity contribution < 1.29 is 0 Å². The molecule has 1 aliphatic heterocycles. The van der Waals surface area contributed by atoms with E-state index in [9.17, 15) is 0 Å². The zero-order valence-electron chi connectivity index (χ0n) is 8.77. The second-order valence-corrected chi connectivity index (χ2v) is 3.53. The van der Waals surface area contributed by atoms with E-state index in [2.05, 4.69) is 29.0 Å². The van der Waals surface area contributed by atoms with Crippen LogP contribution >= 0.6 is 0 Å². The zero-order valence-corrected chi connectivity index (χ0v) is 8.77. The highest BCUT2D eigenvalue weighted by molar-refractivity contribution is 4.98. The first-order valence-corrected chi connectivity index (χ1v) is 5.22. The van der Waals surface area contributed by atoms with Gasteiger partial charge >= 0.3 is 0 Å². The van der Waals surface area contributed by atoms with E-state index < -0.39 is 0 Å². The minimum absolute atomic E-state index is 0.746. The number of likely N-dealkylation sites (tertiary alicyclic amines) is 1. The molecule has 0 aliphatic carbocycles. The van der Waals surface area contributed by atoms with Crippen molar-refractivity contribution in [1.29, 1.82) is 0 Å². The maximum Gasteiger partial charge on any atom is 0.0601 e. The van der Waals surface area contributed by atoms with Gasteiger partial charge in [-0.15, -0.1) is 5.92 Å². The molecule has 13 heavy (non-hydrogen) atoms. The van der Waals surface area contributed by atoms with E-state index in [1.807, 2.05) is 6.92 Å². The van der Waals surface area contributed by atoms with Crippen molar-refractivity contribution >= 4 is 0 Å². The molecule has 0 saturated carbocycles. The van der Waals surface area contributed by atoms with Crippen LogP contribution in [0.5, 0.6) is 0 Å². The third-order valence-electron chi connectivity index (χ3n) is 2.56. The Hall–Kier alpha value is -0.520. The van der Waals surface area contributed by atoms with Crippen molar-refractivity contribution in [2.45, 2.75) is 32.7 Å². The SMILES string of the molecule is CC#CCN1CCC(NCC)CC1. The van der Waals surface area contributed by atoms with Crippen LogP contribution in [-0.2, 0) is 0 Å². The molecule has 0 amide bonds. The summed E-state index contributed by atoms with van der Waals surface area (Å²) in [6, 6.07) is 0.746. The Balaban J connectivity index is 2.17. The zero-order chi connectivity index (χ0) is 9.52. The fourth-order valence-corrected chi connectivity index (χ4v) is 1.77. The predicted octanol–water partition coefficient (Wildman–Crippen LogP) is 1.08. The first kappa shape index (κ1) is 10.6. The van der Waals surface area contributed by atoms with Gasteiger partial charge in [0.05, 0.1) is 6.54 Å². The van der Waals surface area contributed by atoms with Gasteiger partial charge in [-0.05, 0) is 26.3 Å². The minimum Gasteiger partial charge on any atom is -0.314 e. The smallest absolute Gasteiger partial charge is 0.0601 e. The van der Waals surface area contributed by atoms with Gasteiger partial charge in [0.15, 0.2) is 0 Å². The van der Waals surface area contributed by atoms with Gasteiger partial charge in [-0.1, -0.05) is 12.8 Å². The van der Waals surface area contributed by atoms with Gasteiger partial charge in [0, 0.05) is 19.1 Å². The Bertz CT molecular complexity index is 182. The molecule has 0 unspecified atom stereocenters. The molecule has 1 N–H and O–H groups in total. The summed E-state index contributed by atoms with van der Waals surface area (Å²) in [5.41, 5.74) is 0. The second kappa shape index (κ2) is 6.01. The van der Waals surface area contributed by atoms with E-state index in [0.29, 0.717) is 0 Å². The fourth-order valence-electron chi connectivity index (χ4n) is 1.77. The van der Waals surface area contributed by atoms with Crippen LogP contribution in [0.2, 0.25) is 0 Å². The van der Waals surface area contributed by atoms with E-state index in [4.69, 9.17) is 0 Å². The van der Waals surface area contributed by atoms with Crippen molar-refractivity contribution in [1.82, 2.24) is 10.2 Å². The Morgan fingerprint density at radius 3 is 2.62 bits per heavy atom. The summed E-state index contributed by atoms with van der Waals surface area (Å²) in [5, 5.41) is 3.50. The highest BCUT2D eigenvalue weighted by Crippen LogP contribution is 2.08. The van der Waals surface area contributed by atoms with Gasteiger partial charge in [0.1, 0.15) is 0 Å². The van der Waals surface area contributed by atoms with Crippen LogP contribution in [0.3, 0.4) is 0 Å². The maximum absolute atomic E-state index is 3.50. The van der Waals surface area contributed by atoms with Crippen molar-refractivity contribution in [3.8, 4) is 11.8 Å². The molecule has 1 fully saturated rings. The molecule has 74 valence electrons. The Morgan fingerprint density at radius 1 is 1.38 bits per heavy atom. The Labute approximate surface area is 81.7 Å². The van der Waals surface area contributed by atoms with Crippen LogP contribution in [0.25, 0.3) is 0 Å². The van der Waals surface area contributed by atoms with Crippen LogP contribution < -0.4 is 5.32 Å². The maximum atomic E-state index is 3.50. The standard InChI is InChI=1S/C11H20N2/c1-3-5-8-13-9-6-11(7-10-13)12-4-2/h11-12H,4,6-10H2,1-2H3. The van der Waals surface area contributed by atoms with E-state index in [-0.39, 0.29) is 0 Å². The van der Waals surface area contributed by atoms with Crippen LogP contribution in [0.4, 0.5) is 0 Å². The molecule has 0 aromatic heterocycles. The first-order chi connectivity index (χ1) is 6.36. The summed E-state index contributed by atoms with van der Waals surface area (Å²) in [7, 11) is 0. The van der Waals surface area contributed by atoms with Crippen molar-refractivity contribution in [2.24, 2.45) is 0 Å². The molecular formula is C11H20N2. The molecule has 0 aromatic carbocycles. The van der Waals surface area contributed by atoms with Crippen LogP contribution in [0.1, 0.15) is 26.7 Å². The molecule has 1 rings (SSSR count). The van der Waals surface area contributed by atoms with Crippen LogP contribution in [0.15, 0.2) is 0 Å². The molecular weight excluding hydrogens is 160 g/mol. The molecule has 0 spiro atoms. The lowest BCUT2D eigenvalue weighted by molar-refractivity contribution is 0.219. The van der Waals surface area contributed by atoms with Gasteiger partial charge in [0.2, 0.25) is 0 Å². The van der Waals surface area contributed by atoms with Gasteiger partial charge in [-0.2, -0.15) is 0 Å². The summed E-state index contributed by atoms with van der Waals surface area (Å²) >= 11 is 0. The lowest BCUT2D eigenvalue weighted by Crippen LogP contribution is -2.42. The van der Waals surface area contributed by atoms with E-state index in [0.717, 1.165) is 19.1 Å². The van der Waals surface area contributed by atoms with Gasteiger partial charge < -0.3 is 5.32 Å². The molecule has 0 aromatic rings. The molecule has 0 bridgehead atoms. The van der Waals surface area contributed by atoms with Crippen LogP contribution in [0, 0.1) is 11.8 Å².